The monoisotopic (exact) mass is 388 g/mol. The van der Waals surface area contributed by atoms with Gasteiger partial charge in [0.05, 0.1) is 0 Å². The van der Waals surface area contributed by atoms with Crippen LogP contribution in [-0.2, 0) is 9.53 Å². The van der Waals surface area contributed by atoms with Gasteiger partial charge in [-0.2, -0.15) is 0 Å². The molecule has 0 saturated heterocycles. The van der Waals surface area contributed by atoms with Crippen molar-refractivity contribution >= 4 is 22.9 Å². The van der Waals surface area contributed by atoms with Gasteiger partial charge in [-0.15, -0.1) is 0 Å². The molecule has 0 atom stereocenters. The SMILES string of the molecule is C=CCOC(=O)Oc1ccc2cc(-c3ccc(OC(=O)C(=C)C)cc3)ccc2c1. The average molecular weight is 388 g/mol. The van der Waals surface area contributed by atoms with E-state index in [9.17, 15) is 9.59 Å². The molecule has 3 aromatic rings. The van der Waals surface area contributed by atoms with E-state index < -0.39 is 12.1 Å². The van der Waals surface area contributed by atoms with Crippen molar-refractivity contribution in [2.45, 2.75) is 6.92 Å². The molecule has 0 heterocycles. The summed E-state index contributed by atoms with van der Waals surface area (Å²) < 4.78 is 15.2. The highest BCUT2D eigenvalue weighted by Crippen LogP contribution is 2.28. The van der Waals surface area contributed by atoms with Gasteiger partial charge < -0.3 is 14.2 Å². The maximum atomic E-state index is 11.6. The van der Waals surface area contributed by atoms with Gasteiger partial charge in [0.15, 0.2) is 0 Å². The van der Waals surface area contributed by atoms with Crippen LogP contribution in [0.5, 0.6) is 11.5 Å². The molecule has 5 heteroatoms. The molecule has 0 amide bonds. The molecule has 0 radical (unpaired) electrons. The Bertz CT molecular complexity index is 1080. The first-order valence-electron chi connectivity index (χ1n) is 8.94. The van der Waals surface area contributed by atoms with Crippen molar-refractivity contribution in [3.8, 4) is 22.6 Å². The van der Waals surface area contributed by atoms with Gasteiger partial charge in [0, 0.05) is 5.57 Å². The van der Waals surface area contributed by atoms with Gasteiger partial charge in [0.25, 0.3) is 0 Å². The zero-order valence-electron chi connectivity index (χ0n) is 16.0. The van der Waals surface area contributed by atoms with Gasteiger partial charge in [0.1, 0.15) is 18.1 Å². The van der Waals surface area contributed by atoms with Crippen LogP contribution < -0.4 is 9.47 Å². The Balaban J connectivity index is 1.76. The third-order valence-corrected chi connectivity index (χ3v) is 4.08. The fourth-order valence-electron chi connectivity index (χ4n) is 2.63. The molecule has 0 aliphatic rings. The highest BCUT2D eigenvalue weighted by Gasteiger charge is 2.08. The summed E-state index contributed by atoms with van der Waals surface area (Å²) in [6, 6.07) is 18.6. The van der Waals surface area contributed by atoms with Gasteiger partial charge in [0.2, 0.25) is 0 Å². The Morgan fingerprint density at radius 2 is 1.48 bits per heavy atom. The van der Waals surface area contributed by atoms with Crippen LogP contribution in [0.25, 0.3) is 21.9 Å². The molecule has 0 saturated carbocycles. The number of carbonyl (C=O) groups is 2. The van der Waals surface area contributed by atoms with Crippen molar-refractivity contribution in [1.29, 1.82) is 0 Å². The minimum absolute atomic E-state index is 0.0982. The molecule has 0 spiro atoms. The van der Waals surface area contributed by atoms with E-state index in [0.29, 0.717) is 17.1 Å². The lowest BCUT2D eigenvalue weighted by Crippen LogP contribution is -2.10. The van der Waals surface area contributed by atoms with E-state index in [1.807, 2.05) is 36.4 Å². The number of hydrogen-bond donors (Lipinski definition) is 0. The number of ether oxygens (including phenoxy) is 3. The Kier molecular flexibility index (Phi) is 6.09. The Labute approximate surface area is 168 Å². The van der Waals surface area contributed by atoms with E-state index in [2.05, 4.69) is 13.2 Å². The highest BCUT2D eigenvalue weighted by molar-refractivity contribution is 5.90. The molecular weight excluding hydrogens is 368 g/mol. The van der Waals surface area contributed by atoms with Gasteiger partial charge >= 0.3 is 12.1 Å². The Morgan fingerprint density at radius 1 is 0.862 bits per heavy atom. The number of hydrogen-bond acceptors (Lipinski definition) is 5. The molecule has 146 valence electrons. The molecular formula is C24H20O5. The summed E-state index contributed by atoms with van der Waals surface area (Å²) in [5.41, 5.74) is 2.34. The molecule has 0 fully saturated rings. The second-order valence-electron chi connectivity index (χ2n) is 6.37. The van der Waals surface area contributed by atoms with Crippen LogP contribution in [0.2, 0.25) is 0 Å². The van der Waals surface area contributed by atoms with Crippen molar-refractivity contribution in [2.75, 3.05) is 6.61 Å². The molecule has 0 N–H and O–H groups in total. The minimum Gasteiger partial charge on any atom is -0.430 e. The largest absolute Gasteiger partial charge is 0.514 e. The van der Waals surface area contributed by atoms with Crippen molar-refractivity contribution in [2.24, 2.45) is 0 Å². The second kappa shape index (κ2) is 8.89. The molecule has 0 bridgehead atoms. The van der Waals surface area contributed by atoms with Crippen LogP contribution in [0.1, 0.15) is 6.92 Å². The van der Waals surface area contributed by atoms with Gasteiger partial charge in [-0.1, -0.05) is 49.6 Å². The second-order valence-corrected chi connectivity index (χ2v) is 6.37. The number of rotatable bonds is 6. The topological polar surface area (TPSA) is 61.8 Å². The summed E-state index contributed by atoms with van der Waals surface area (Å²) in [5.74, 6) is 0.422. The van der Waals surface area contributed by atoms with Crippen molar-refractivity contribution in [3.05, 3.63) is 85.5 Å². The summed E-state index contributed by atoms with van der Waals surface area (Å²) >= 11 is 0. The summed E-state index contributed by atoms with van der Waals surface area (Å²) in [5, 5.41) is 1.92. The van der Waals surface area contributed by atoms with Crippen LogP contribution in [0.15, 0.2) is 85.5 Å². The number of benzene rings is 3. The first-order valence-corrected chi connectivity index (χ1v) is 8.94. The maximum absolute atomic E-state index is 11.6. The zero-order valence-corrected chi connectivity index (χ0v) is 16.0. The van der Waals surface area contributed by atoms with Gasteiger partial charge in [-0.05, 0) is 59.2 Å². The molecule has 3 aromatic carbocycles. The van der Waals surface area contributed by atoms with E-state index in [-0.39, 0.29) is 6.61 Å². The van der Waals surface area contributed by atoms with Gasteiger partial charge in [-0.3, -0.25) is 0 Å². The Morgan fingerprint density at radius 3 is 2.17 bits per heavy atom. The van der Waals surface area contributed by atoms with Crippen molar-refractivity contribution in [1.82, 2.24) is 0 Å². The fraction of sp³-hybridized carbons (Fsp3) is 0.0833. The van der Waals surface area contributed by atoms with E-state index >= 15 is 0 Å². The number of carbonyl (C=O) groups excluding carboxylic acids is 2. The molecule has 0 aromatic heterocycles. The molecule has 0 aliphatic carbocycles. The first kappa shape index (κ1) is 19.9. The van der Waals surface area contributed by atoms with Crippen LogP contribution in [0.3, 0.4) is 0 Å². The van der Waals surface area contributed by atoms with E-state index in [4.69, 9.17) is 14.2 Å². The fourth-order valence-corrected chi connectivity index (χ4v) is 2.63. The molecule has 0 unspecified atom stereocenters. The number of fused-ring (bicyclic) bond motifs is 1. The highest BCUT2D eigenvalue weighted by atomic mass is 16.7. The van der Waals surface area contributed by atoms with E-state index in [1.165, 1.54) is 6.08 Å². The minimum atomic E-state index is -0.770. The summed E-state index contributed by atoms with van der Waals surface area (Å²) in [7, 11) is 0. The standard InChI is InChI=1S/C24H20O5/c1-4-13-27-24(26)29-22-12-9-19-14-18(5-6-20(19)15-22)17-7-10-21(11-8-17)28-23(25)16(2)3/h4-12,14-15H,1-2,13H2,3H3. The van der Waals surface area contributed by atoms with Crippen LogP contribution in [0, 0.1) is 0 Å². The predicted octanol–water partition coefficient (Wildman–Crippen LogP) is 5.69. The summed E-state index contributed by atoms with van der Waals surface area (Å²) in [4.78, 5) is 23.1. The van der Waals surface area contributed by atoms with Crippen LogP contribution in [-0.4, -0.2) is 18.7 Å². The van der Waals surface area contributed by atoms with E-state index in [0.717, 1.165) is 21.9 Å². The summed E-state index contributed by atoms with van der Waals surface area (Å²) in [6.07, 6.45) is 0.702. The van der Waals surface area contributed by atoms with Crippen molar-refractivity contribution in [3.63, 3.8) is 0 Å². The molecule has 3 rings (SSSR count). The van der Waals surface area contributed by atoms with E-state index in [1.54, 1.807) is 31.2 Å². The lowest BCUT2D eigenvalue weighted by atomic mass is 10.0. The maximum Gasteiger partial charge on any atom is 0.514 e. The normalized spacial score (nSPS) is 10.2. The Hall–Kier alpha value is -3.86. The number of esters is 1. The smallest absolute Gasteiger partial charge is 0.430 e. The third-order valence-electron chi connectivity index (χ3n) is 4.08. The lowest BCUT2D eigenvalue weighted by molar-refractivity contribution is -0.130. The third kappa shape index (κ3) is 5.11. The quantitative estimate of drug-likeness (QED) is 0.178. The van der Waals surface area contributed by atoms with Gasteiger partial charge in [-0.25, -0.2) is 9.59 Å². The summed E-state index contributed by atoms with van der Waals surface area (Å²) in [6.45, 7) is 8.75. The average Bonchev–Trinajstić information content (AvgIpc) is 2.72. The zero-order chi connectivity index (χ0) is 20.8. The molecule has 0 aliphatic heterocycles. The predicted molar refractivity (Wildman–Crippen MR) is 112 cm³/mol. The molecule has 5 nitrogen and oxygen atoms in total. The lowest BCUT2D eigenvalue weighted by Gasteiger charge is -2.08. The van der Waals surface area contributed by atoms with Crippen molar-refractivity contribution < 1.29 is 23.8 Å². The van der Waals surface area contributed by atoms with Crippen LogP contribution >= 0.6 is 0 Å². The van der Waals surface area contributed by atoms with Crippen LogP contribution in [0.4, 0.5) is 4.79 Å². The molecule has 29 heavy (non-hydrogen) atoms. The first-order chi connectivity index (χ1) is 14.0.